The molecule has 3 amide bonds. The number of nitrogens with one attached hydrogen (secondary N) is 2. The molecule has 1 aliphatic rings. The number of hydrogen-bond donors (Lipinski definition) is 2. The number of anilines is 1. The van der Waals surface area contributed by atoms with E-state index in [2.05, 4.69) is 10.3 Å². The molecule has 5 nitrogen and oxygen atoms in total. The summed E-state index contributed by atoms with van der Waals surface area (Å²) in [6.07, 6.45) is 1.85. The Morgan fingerprint density at radius 2 is 2.11 bits per heavy atom. The minimum Gasteiger partial charge on any atom is -0.361 e. The summed E-state index contributed by atoms with van der Waals surface area (Å²) in [6.45, 7) is 0.260. The second-order valence-corrected chi connectivity index (χ2v) is 4.12. The van der Waals surface area contributed by atoms with Crippen molar-refractivity contribution in [2.24, 2.45) is 0 Å². The summed E-state index contributed by atoms with van der Waals surface area (Å²) in [5.41, 5.74) is 1.06. The van der Waals surface area contributed by atoms with Crippen molar-refractivity contribution in [3.63, 3.8) is 0 Å². The van der Waals surface area contributed by atoms with Gasteiger partial charge in [0.05, 0.1) is 11.2 Å². The Morgan fingerprint density at radius 1 is 1.28 bits per heavy atom. The largest absolute Gasteiger partial charge is 0.361 e. The molecule has 0 aliphatic carbocycles. The Morgan fingerprint density at radius 3 is 2.89 bits per heavy atom. The summed E-state index contributed by atoms with van der Waals surface area (Å²) in [5, 5.41) is 2.68. The quantitative estimate of drug-likeness (QED) is 0.806. The number of hydrogen-bond acceptors (Lipinski definition) is 2. The standard InChI is InChI=1S/C12H10FN3O2/c13-9-5-7(6-10-8(9)1-3-14-10)16-4-2-11(17)15-12(16)18/h1,3,5-6,14H,2,4H2,(H,15,17,18). The monoisotopic (exact) mass is 247 g/mol. The Labute approximate surface area is 102 Å². The number of H-pyrrole nitrogens is 1. The maximum absolute atomic E-state index is 13.8. The van der Waals surface area contributed by atoms with Gasteiger partial charge in [0.1, 0.15) is 5.82 Å². The minimum atomic E-state index is -0.517. The van der Waals surface area contributed by atoms with Crippen molar-refractivity contribution in [2.45, 2.75) is 6.42 Å². The topological polar surface area (TPSA) is 65.2 Å². The minimum absolute atomic E-state index is 0.218. The number of imide groups is 1. The zero-order valence-corrected chi connectivity index (χ0v) is 9.37. The zero-order valence-electron chi connectivity index (χ0n) is 9.37. The molecule has 1 fully saturated rings. The predicted molar refractivity (Wildman–Crippen MR) is 63.8 cm³/mol. The van der Waals surface area contributed by atoms with Gasteiger partial charge in [-0.1, -0.05) is 0 Å². The molecule has 0 radical (unpaired) electrons. The van der Waals surface area contributed by atoms with Crippen molar-refractivity contribution in [3.05, 3.63) is 30.2 Å². The average molecular weight is 247 g/mol. The molecule has 2 aromatic rings. The van der Waals surface area contributed by atoms with E-state index >= 15 is 0 Å². The molecule has 1 aromatic heterocycles. The van der Waals surface area contributed by atoms with Gasteiger partial charge in [-0.3, -0.25) is 15.0 Å². The van der Waals surface area contributed by atoms with Gasteiger partial charge in [0.15, 0.2) is 0 Å². The fourth-order valence-electron chi connectivity index (χ4n) is 2.07. The van der Waals surface area contributed by atoms with Crippen LogP contribution in [-0.2, 0) is 4.79 Å². The molecule has 0 unspecified atom stereocenters. The van der Waals surface area contributed by atoms with Crippen LogP contribution in [0.1, 0.15) is 6.42 Å². The van der Waals surface area contributed by atoms with Crippen molar-refractivity contribution in [1.29, 1.82) is 0 Å². The van der Waals surface area contributed by atoms with E-state index in [4.69, 9.17) is 0 Å². The first-order valence-corrected chi connectivity index (χ1v) is 5.53. The molecule has 2 N–H and O–H groups in total. The van der Waals surface area contributed by atoms with Crippen LogP contribution >= 0.6 is 0 Å². The number of halogens is 1. The third-order valence-corrected chi connectivity index (χ3v) is 2.97. The fraction of sp³-hybridized carbons (Fsp3) is 0.167. The number of aromatic nitrogens is 1. The van der Waals surface area contributed by atoms with Gasteiger partial charge in [0, 0.05) is 24.5 Å². The Balaban J connectivity index is 2.03. The van der Waals surface area contributed by atoms with Gasteiger partial charge in [-0.25, -0.2) is 9.18 Å². The molecule has 0 atom stereocenters. The van der Waals surface area contributed by atoms with E-state index < -0.39 is 11.8 Å². The van der Waals surface area contributed by atoms with Crippen LogP contribution < -0.4 is 10.2 Å². The zero-order chi connectivity index (χ0) is 12.7. The van der Waals surface area contributed by atoms with Crippen LogP contribution in [0.3, 0.4) is 0 Å². The molecule has 3 rings (SSSR count). The normalized spacial score (nSPS) is 16.2. The third kappa shape index (κ3) is 1.62. The molecule has 92 valence electrons. The number of aromatic amines is 1. The Hall–Kier alpha value is -2.37. The van der Waals surface area contributed by atoms with Gasteiger partial charge in [0.2, 0.25) is 5.91 Å². The first kappa shape index (κ1) is 10.8. The SMILES string of the molecule is O=C1CCN(c2cc(F)c3cc[nH]c3c2)C(=O)N1. The number of amides is 3. The molecule has 0 saturated carbocycles. The third-order valence-electron chi connectivity index (χ3n) is 2.97. The second kappa shape index (κ2) is 3.83. The number of urea groups is 1. The van der Waals surface area contributed by atoms with Gasteiger partial charge in [-0.2, -0.15) is 0 Å². The molecule has 1 aromatic carbocycles. The Kier molecular flexibility index (Phi) is 2.29. The van der Waals surface area contributed by atoms with E-state index in [1.807, 2.05) is 0 Å². The van der Waals surface area contributed by atoms with Crippen LogP contribution in [0.5, 0.6) is 0 Å². The lowest BCUT2D eigenvalue weighted by atomic mass is 10.2. The van der Waals surface area contributed by atoms with Gasteiger partial charge in [-0.15, -0.1) is 0 Å². The molecule has 6 heteroatoms. The lowest BCUT2D eigenvalue weighted by molar-refractivity contribution is -0.120. The first-order valence-electron chi connectivity index (χ1n) is 5.53. The summed E-state index contributed by atoms with van der Waals surface area (Å²) >= 11 is 0. The van der Waals surface area contributed by atoms with Crippen LogP contribution in [0.4, 0.5) is 14.9 Å². The van der Waals surface area contributed by atoms with E-state index in [0.29, 0.717) is 16.6 Å². The van der Waals surface area contributed by atoms with Crippen LogP contribution in [0.15, 0.2) is 24.4 Å². The number of rotatable bonds is 1. The molecule has 18 heavy (non-hydrogen) atoms. The molecule has 0 bridgehead atoms. The summed E-state index contributed by atoms with van der Waals surface area (Å²) in [4.78, 5) is 27.0. The van der Waals surface area contributed by atoms with E-state index in [1.54, 1.807) is 18.3 Å². The fourth-order valence-corrected chi connectivity index (χ4v) is 2.07. The lowest BCUT2D eigenvalue weighted by Crippen LogP contribution is -2.49. The number of fused-ring (bicyclic) bond motifs is 1. The van der Waals surface area contributed by atoms with Gasteiger partial charge in [-0.05, 0) is 18.2 Å². The van der Waals surface area contributed by atoms with Gasteiger partial charge < -0.3 is 4.98 Å². The number of carbonyl (C=O) groups is 2. The van der Waals surface area contributed by atoms with Crippen molar-refractivity contribution < 1.29 is 14.0 Å². The van der Waals surface area contributed by atoms with Crippen LogP contribution in [0, 0.1) is 5.82 Å². The highest BCUT2D eigenvalue weighted by Gasteiger charge is 2.25. The number of carbonyl (C=O) groups excluding carboxylic acids is 2. The van der Waals surface area contributed by atoms with Crippen LogP contribution in [0.2, 0.25) is 0 Å². The van der Waals surface area contributed by atoms with Crippen LogP contribution in [0.25, 0.3) is 10.9 Å². The maximum atomic E-state index is 13.8. The molecular weight excluding hydrogens is 237 g/mol. The van der Waals surface area contributed by atoms with Crippen molar-refractivity contribution in [2.75, 3.05) is 11.4 Å². The van der Waals surface area contributed by atoms with E-state index in [1.165, 1.54) is 11.0 Å². The molecule has 0 spiro atoms. The van der Waals surface area contributed by atoms with Gasteiger partial charge in [0.25, 0.3) is 0 Å². The van der Waals surface area contributed by atoms with E-state index in [9.17, 15) is 14.0 Å². The first-order chi connectivity index (χ1) is 8.65. The lowest BCUT2D eigenvalue weighted by Gasteiger charge is -2.26. The van der Waals surface area contributed by atoms with Crippen LogP contribution in [-0.4, -0.2) is 23.5 Å². The molecule has 1 aliphatic heterocycles. The predicted octanol–water partition coefficient (Wildman–Crippen LogP) is 1.75. The molecule has 1 saturated heterocycles. The highest BCUT2D eigenvalue weighted by Crippen LogP contribution is 2.25. The summed E-state index contributed by atoms with van der Waals surface area (Å²) in [7, 11) is 0. The number of nitrogens with zero attached hydrogens (tertiary/aromatic N) is 1. The van der Waals surface area contributed by atoms with Crippen molar-refractivity contribution in [1.82, 2.24) is 10.3 Å². The highest BCUT2D eigenvalue weighted by atomic mass is 19.1. The van der Waals surface area contributed by atoms with Crippen molar-refractivity contribution >= 4 is 28.5 Å². The smallest absolute Gasteiger partial charge is 0.328 e. The Bertz CT molecular complexity index is 650. The second-order valence-electron chi connectivity index (χ2n) is 4.12. The molecular formula is C12H10FN3O2. The number of benzene rings is 1. The maximum Gasteiger partial charge on any atom is 0.328 e. The van der Waals surface area contributed by atoms with E-state index in [-0.39, 0.29) is 18.9 Å². The summed E-state index contributed by atoms with van der Waals surface area (Å²) in [5.74, 6) is -0.703. The summed E-state index contributed by atoms with van der Waals surface area (Å²) < 4.78 is 13.8. The molecule has 2 heterocycles. The van der Waals surface area contributed by atoms with Crippen molar-refractivity contribution in [3.8, 4) is 0 Å². The average Bonchev–Trinajstić information content (AvgIpc) is 2.77. The van der Waals surface area contributed by atoms with Gasteiger partial charge >= 0.3 is 6.03 Å². The summed E-state index contributed by atoms with van der Waals surface area (Å²) in [6, 6.07) is 4.10. The highest BCUT2D eigenvalue weighted by molar-refractivity contribution is 6.06. The van der Waals surface area contributed by atoms with E-state index in [0.717, 1.165) is 0 Å².